The van der Waals surface area contributed by atoms with Crippen molar-refractivity contribution in [1.82, 2.24) is 4.98 Å². The maximum Gasteiger partial charge on any atom is 0.0569 e. The minimum atomic E-state index is 0.0142. The van der Waals surface area contributed by atoms with E-state index in [1.165, 1.54) is 5.69 Å². The largest absolute Gasteiger partial charge is 0.366 e. The van der Waals surface area contributed by atoms with Crippen LogP contribution in [0.15, 0.2) is 30.5 Å². The van der Waals surface area contributed by atoms with Crippen LogP contribution in [0.25, 0.3) is 0 Å². The van der Waals surface area contributed by atoms with Crippen LogP contribution >= 0.6 is 0 Å². The Morgan fingerprint density at radius 3 is 2.80 bits per heavy atom. The third-order valence-electron chi connectivity index (χ3n) is 2.66. The molecule has 0 unspecified atom stereocenters. The first kappa shape index (κ1) is 10.2. The van der Waals surface area contributed by atoms with Gasteiger partial charge in [0.15, 0.2) is 0 Å². The van der Waals surface area contributed by atoms with E-state index in [2.05, 4.69) is 28.1 Å². The molecule has 3 nitrogen and oxygen atoms in total. The lowest BCUT2D eigenvalue weighted by molar-refractivity contribution is 0.774. The molecule has 1 aromatic rings. The molecule has 0 aromatic carbocycles. The highest BCUT2D eigenvalue weighted by atomic mass is 15.1. The van der Waals surface area contributed by atoms with Gasteiger partial charge in [0.05, 0.1) is 17.6 Å². The predicted octanol–water partition coefficient (Wildman–Crippen LogP) is 1.87. The van der Waals surface area contributed by atoms with E-state index in [1.807, 2.05) is 19.2 Å². The Hall–Kier alpha value is -1.35. The van der Waals surface area contributed by atoms with Gasteiger partial charge in [-0.15, -0.1) is 0 Å². The van der Waals surface area contributed by atoms with Crippen molar-refractivity contribution in [3.05, 3.63) is 36.2 Å². The summed E-state index contributed by atoms with van der Waals surface area (Å²) in [5, 5.41) is 0. The van der Waals surface area contributed by atoms with Gasteiger partial charge in [0.2, 0.25) is 0 Å². The number of nitrogens with two attached hydrogens (primary N) is 1. The van der Waals surface area contributed by atoms with Gasteiger partial charge in [0.1, 0.15) is 0 Å². The van der Waals surface area contributed by atoms with E-state index in [0.717, 1.165) is 25.2 Å². The Balaban J connectivity index is 2.12. The molecule has 80 valence electrons. The van der Waals surface area contributed by atoms with Gasteiger partial charge in [0, 0.05) is 19.1 Å². The van der Waals surface area contributed by atoms with Crippen LogP contribution < -0.4 is 10.6 Å². The van der Waals surface area contributed by atoms with Crippen molar-refractivity contribution in [2.24, 2.45) is 5.73 Å². The maximum atomic E-state index is 5.75. The lowest BCUT2D eigenvalue weighted by Crippen LogP contribution is -2.26. The fourth-order valence-corrected chi connectivity index (χ4v) is 1.73. The zero-order valence-corrected chi connectivity index (χ0v) is 9.06. The molecule has 0 spiro atoms. The molecule has 3 heteroatoms. The van der Waals surface area contributed by atoms with Crippen LogP contribution in [0.2, 0.25) is 0 Å². The molecule has 2 heterocycles. The van der Waals surface area contributed by atoms with E-state index in [9.17, 15) is 0 Å². The van der Waals surface area contributed by atoms with Crippen molar-refractivity contribution < 1.29 is 0 Å². The molecular weight excluding hydrogens is 186 g/mol. The van der Waals surface area contributed by atoms with Crippen LogP contribution in [-0.2, 0) is 0 Å². The lowest BCUT2D eigenvalue weighted by Gasteiger charge is -2.25. The molecule has 1 atom stereocenters. The number of hydrogen-bond donors (Lipinski definition) is 1. The van der Waals surface area contributed by atoms with Crippen molar-refractivity contribution in [3.8, 4) is 0 Å². The van der Waals surface area contributed by atoms with Gasteiger partial charge < -0.3 is 10.6 Å². The first-order valence-corrected chi connectivity index (χ1v) is 5.39. The first-order valence-electron chi connectivity index (χ1n) is 5.39. The predicted molar refractivity (Wildman–Crippen MR) is 62.8 cm³/mol. The summed E-state index contributed by atoms with van der Waals surface area (Å²) in [5.74, 6) is 0. The standard InChI is InChI=1S/C12H17N3/c1-10(13)12-6-5-11(9-14-12)15-7-3-2-4-8-15/h2-3,5-6,9-10H,4,7-8,13H2,1H3/t10-/m0/s1. The molecule has 0 bridgehead atoms. The molecule has 0 fully saturated rings. The van der Waals surface area contributed by atoms with Crippen LogP contribution in [0.4, 0.5) is 5.69 Å². The summed E-state index contributed by atoms with van der Waals surface area (Å²) in [4.78, 5) is 6.68. The van der Waals surface area contributed by atoms with Crippen LogP contribution in [0.1, 0.15) is 25.1 Å². The summed E-state index contributed by atoms with van der Waals surface area (Å²) in [7, 11) is 0. The summed E-state index contributed by atoms with van der Waals surface area (Å²) in [5.41, 5.74) is 7.89. The molecular formula is C12H17N3. The highest BCUT2D eigenvalue weighted by Gasteiger charge is 2.08. The highest BCUT2D eigenvalue weighted by Crippen LogP contribution is 2.17. The molecule has 15 heavy (non-hydrogen) atoms. The van der Waals surface area contributed by atoms with Crippen molar-refractivity contribution in [2.75, 3.05) is 18.0 Å². The van der Waals surface area contributed by atoms with Crippen molar-refractivity contribution in [1.29, 1.82) is 0 Å². The normalized spacial score (nSPS) is 17.9. The van der Waals surface area contributed by atoms with E-state index in [0.29, 0.717) is 0 Å². The summed E-state index contributed by atoms with van der Waals surface area (Å²) in [6.45, 7) is 4.01. The van der Waals surface area contributed by atoms with Crippen LogP contribution in [0.5, 0.6) is 0 Å². The smallest absolute Gasteiger partial charge is 0.0569 e. The van der Waals surface area contributed by atoms with Gasteiger partial charge in [-0.3, -0.25) is 4.98 Å². The van der Waals surface area contributed by atoms with Crippen molar-refractivity contribution in [3.63, 3.8) is 0 Å². The Labute approximate surface area is 90.6 Å². The Morgan fingerprint density at radius 1 is 1.40 bits per heavy atom. The number of rotatable bonds is 2. The van der Waals surface area contributed by atoms with Gasteiger partial charge in [-0.2, -0.15) is 0 Å². The quantitative estimate of drug-likeness (QED) is 0.746. The average Bonchev–Trinajstić information content (AvgIpc) is 2.30. The van der Waals surface area contributed by atoms with E-state index in [1.54, 1.807) is 0 Å². The third-order valence-corrected chi connectivity index (χ3v) is 2.66. The number of nitrogens with zero attached hydrogens (tertiary/aromatic N) is 2. The number of aromatic nitrogens is 1. The Kier molecular flexibility index (Phi) is 3.02. The second-order valence-corrected chi connectivity index (χ2v) is 3.94. The van der Waals surface area contributed by atoms with E-state index < -0.39 is 0 Å². The van der Waals surface area contributed by atoms with E-state index >= 15 is 0 Å². The zero-order chi connectivity index (χ0) is 10.7. The zero-order valence-electron chi connectivity index (χ0n) is 9.06. The highest BCUT2D eigenvalue weighted by molar-refractivity contribution is 5.46. The van der Waals surface area contributed by atoms with Gasteiger partial charge in [-0.25, -0.2) is 0 Å². The molecule has 0 saturated carbocycles. The van der Waals surface area contributed by atoms with Crippen LogP contribution in [0.3, 0.4) is 0 Å². The van der Waals surface area contributed by atoms with E-state index in [-0.39, 0.29) is 6.04 Å². The molecule has 0 saturated heterocycles. The summed E-state index contributed by atoms with van der Waals surface area (Å²) >= 11 is 0. The van der Waals surface area contributed by atoms with Crippen molar-refractivity contribution in [2.45, 2.75) is 19.4 Å². The van der Waals surface area contributed by atoms with Crippen LogP contribution in [0, 0.1) is 0 Å². The molecule has 0 aliphatic carbocycles. The van der Waals surface area contributed by atoms with Gasteiger partial charge in [-0.05, 0) is 25.5 Å². The second-order valence-electron chi connectivity index (χ2n) is 3.94. The fourth-order valence-electron chi connectivity index (χ4n) is 1.73. The maximum absolute atomic E-state index is 5.75. The SMILES string of the molecule is C[C@H](N)c1ccc(N2CC=CCC2)cn1. The minimum absolute atomic E-state index is 0.0142. The number of anilines is 1. The third kappa shape index (κ3) is 2.36. The molecule has 0 radical (unpaired) electrons. The van der Waals surface area contributed by atoms with Gasteiger partial charge in [0.25, 0.3) is 0 Å². The summed E-state index contributed by atoms with van der Waals surface area (Å²) in [6, 6.07) is 4.13. The summed E-state index contributed by atoms with van der Waals surface area (Å²) in [6.07, 6.45) is 7.45. The lowest BCUT2D eigenvalue weighted by atomic mass is 10.2. The Bertz CT molecular complexity index is 340. The topological polar surface area (TPSA) is 42.1 Å². The molecule has 2 rings (SSSR count). The first-order chi connectivity index (χ1) is 7.27. The molecule has 1 aliphatic heterocycles. The number of hydrogen-bond acceptors (Lipinski definition) is 3. The molecule has 2 N–H and O–H groups in total. The monoisotopic (exact) mass is 203 g/mol. The van der Waals surface area contributed by atoms with Gasteiger partial charge in [-0.1, -0.05) is 12.2 Å². The van der Waals surface area contributed by atoms with E-state index in [4.69, 9.17) is 5.73 Å². The fraction of sp³-hybridized carbons (Fsp3) is 0.417. The summed E-state index contributed by atoms with van der Waals surface area (Å²) < 4.78 is 0. The van der Waals surface area contributed by atoms with Gasteiger partial charge >= 0.3 is 0 Å². The second kappa shape index (κ2) is 4.45. The molecule has 1 aliphatic rings. The minimum Gasteiger partial charge on any atom is -0.366 e. The Morgan fingerprint density at radius 2 is 2.27 bits per heavy atom. The average molecular weight is 203 g/mol. The van der Waals surface area contributed by atoms with Crippen molar-refractivity contribution >= 4 is 5.69 Å². The molecule has 0 amide bonds. The number of pyridine rings is 1. The van der Waals surface area contributed by atoms with Crippen LogP contribution in [-0.4, -0.2) is 18.1 Å². The molecule has 1 aromatic heterocycles.